The lowest BCUT2D eigenvalue weighted by Gasteiger charge is -2.28. The predicted molar refractivity (Wildman–Crippen MR) is 71.8 cm³/mol. The van der Waals surface area contributed by atoms with Gasteiger partial charge in [-0.25, -0.2) is 4.98 Å². The second-order valence-corrected chi connectivity index (χ2v) is 4.62. The van der Waals surface area contributed by atoms with Crippen molar-refractivity contribution in [1.29, 1.82) is 0 Å². The van der Waals surface area contributed by atoms with Gasteiger partial charge >= 0.3 is 0 Å². The van der Waals surface area contributed by atoms with E-state index >= 15 is 0 Å². The Hall–Kier alpha value is -1.32. The minimum atomic E-state index is 0.766. The third-order valence-electron chi connectivity index (χ3n) is 3.10. The smallest absolute Gasteiger partial charge is 0.129 e. The van der Waals surface area contributed by atoms with E-state index in [1.807, 2.05) is 18.2 Å². The Morgan fingerprint density at radius 1 is 1.12 bits per heavy atom. The lowest BCUT2D eigenvalue weighted by Crippen LogP contribution is -2.43. The number of pyridine rings is 1. The standard InChI is InChI=1S/C13H14ClN3/c14-11-2-1-3-12-10(11)4-5-13(16-12)17-8-6-15-7-9-17/h1-5,15H,6-9H2. The van der Waals surface area contributed by atoms with Gasteiger partial charge in [-0.05, 0) is 24.3 Å². The molecular formula is C13H14ClN3. The molecule has 0 aliphatic carbocycles. The largest absolute Gasteiger partial charge is 0.354 e. The van der Waals surface area contributed by atoms with Crippen LogP contribution in [0.4, 0.5) is 5.82 Å². The minimum Gasteiger partial charge on any atom is -0.354 e. The van der Waals surface area contributed by atoms with Crippen molar-refractivity contribution in [2.75, 3.05) is 31.1 Å². The summed E-state index contributed by atoms with van der Waals surface area (Å²) >= 11 is 6.13. The van der Waals surface area contributed by atoms with Gasteiger partial charge < -0.3 is 10.2 Å². The zero-order chi connectivity index (χ0) is 11.7. The van der Waals surface area contributed by atoms with E-state index in [0.717, 1.165) is 47.9 Å². The van der Waals surface area contributed by atoms with Crippen molar-refractivity contribution in [3.05, 3.63) is 35.4 Å². The van der Waals surface area contributed by atoms with Crippen LogP contribution >= 0.6 is 11.6 Å². The van der Waals surface area contributed by atoms with Crippen molar-refractivity contribution in [2.45, 2.75) is 0 Å². The van der Waals surface area contributed by atoms with Gasteiger partial charge in [0.15, 0.2) is 0 Å². The third kappa shape index (κ3) is 2.08. The van der Waals surface area contributed by atoms with Crippen molar-refractivity contribution >= 4 is 28.3 Å². The number of aromatic nitrogens is 1. The fraction of sp³-hybridized carbons (Fsp3) is 0.308. The molecule has 0 bridgehead atoms. The summed E-state index contributed by atoms with van der Waals surface area (Å²) < 4.78 is 0. The van der Waals surface area contributed by atoms with E-state index in [0.29, 0.717) is 0 Å². The highest BCUT2D eigenvalue weighted by molar-refractivity contribution is 6.35. The molecule has 1 aliphatic rings. The lowest BCUT2D eigenvalue weighted by atomic mass is 10.2. The summed E-state index contributed by atoms with van der Waals surface area (Å²) in [6, 6.07) is 9.96. The summed E-state index contributed by atoms with van der Waals surface area (Å²) in [5, 5.41) is 5.13. The molecule has 1 aromatic heterocycles. The van der Waals surface area contributed by atoms with Crippen LogP contribution in [0.1, 0.15) is 0 Å². The molecule has 1 aromatic carbocycles. The third-order valence-corrected chi connectivity index (χ3v) is 3.43. The molecule has 0 saturated carbocycles. The van der Waals surface area contributed by atoms with Crippen LogP contribution in [-0.2, 0) is 0 Å². The topological polar surface area (TPSA) is 28.2 Å². The molecule has 1 N–H and O–H groups in total. The number of halogens is 1. The number of rotatable bonds is 1. The molecule has 0 unspecified atom stereocenters. The highest BCUT2D eigenvalue weighted by Gasteiger charge is 2.12. The maximum atomic E-state index is 6.13. The average Bonchev–Trinajstić information content (AvgIpc) is 2.40. The highest BCUT2D eigenvalue weighted by Crippen LogP contribution is 2.24. The predicted octanol–water partition coefficient (Wildman–Crippen LogP) is 2.30. The molecule has 0 atom stereocenters. The number of anilines is 1. The maximum absolute atomic E-state index is 6.13. The molecule has 17 heavy (non-hydrogen) atoms. The van der Waals surface area contributed by atoms with Gasteiger partial charge in [-0.2, -0.15) is 0 Å². The molecule has 88 valence electrons. The second kappa shape index (κ2) is 4.51. The summed E-state index contributed by atoms with van der Waals surface area (Å²) in [4.78, 5) is 6.98. The molecule has 2 aromatic rings. The van der Waals surface area contributed by atoms with Crippen LogP contribution in [0.2, 0.25) is 5.02 Å². The SMILES string of the molecule is Clc1cccc2nc(N3CCNCC3)ccc12. The van der Waals surface area contributed by atoms with Gasteiger partial charge in [0.05, 0.1) is 5.52 Å². The van der Waals surface area contributed by atoms with Crippen molar-refractivity contribution in [3.8, 4) is 0 Å². The van der Waals surface area contributed by atoms with Gasteiger partial charge in [0, 0.05) is 36.6 Å². The fourth-order valence-electron chi connectivity index (χ4n) is 2.18. The van der Waals surface area contributed by atoms with E-state index in [1.165, 1.54) is 0 Å². The second-order valence-electron chi connectivity index (χ2n) is 4.21. The normalized spacial score (nSPS) is 16.4. The quantitative estimate of drug-likeness (QED) is 0.838. The first-order chi connectivity index (χ1) is 8.34. The van der Waals surface area contributed by atoms with Crippen LogP contribution in [0.3, 0.4) is 0 Å². The molecule has 0 radical (unpaired) electrons. The maximum Gasteiger partial charge on any atom is 0.129 e. The van der Waals surface area contributed by atoms with Gasteiger partial charge in [-0.3, -0.25) is 0 Å². The molecule has 0 spiro atoms. The zero-order valence-corrected chi connectivity index (χ0v) is 10.2. The number of hydrogen-bond donors (Lipinski definition) is 1. The number of nitrogens with zero attached hydrogens (tertiary/aromatic N) is 2. The highest BCUT2D eigenvalue weighted by atomic mass is 35.5. The molecule has 0 amide bonds. The van der Waals surface area contributed by atoms with E-state index in [9.17, 15) is 0 Å². The van der Waals surface area contributed by atoms with Crippen LogP contribution in [0.15, 0.2) is 30.3 Å². The average molecular weight is 248 g/mol. The lowest BCUT2D eigenvalue weighted by molar-refractivity contribution is 0.585. The molecule has 3 rings (SSSR count). The number of piperazine rings is 1. The van der Waals surface area contributed by atoms with Crippen LogP contribution in [-0.4, -0.2) is 31.2 Å². The van der Waals surface area contributed by atoms with Crippen molar-refractivity contribution in [2.24, 2.45) is 0 Å². The van der Waals surface area contributed by atoms with E-state index in [4.69, 9.17) is 11.6 Å². The first kappa shape index (κ1) is 10.8. The fourth-order valence-corrected chi connectivity index (χ4v) is 2.41. The Kier molecular flexibility index (Phi) is 2.87. The van der Waals surface area contributed by atoms with Crippen LogP contribution in [0.25, 0.3) is 10.9 Å². The van der Waals surface area contributed by atoms with Gasteiger partial charge in [0.1, 0.15) is 5.82 Å². The van der Waals surface area contributed by atoms with Crippen molar-refractivity contribution in [3.63, 3.8) is 0 Å². The van der Waals surface area contributed by atoms with Gasteiger partial charge in [-0.15, -0.1) is 0 Å². The van der Waals surface area contributed by atoms with Crippen LogP contribution in [0.5, 0.6) is 0 Å². The summed E-state index contributed by atoms with van der Waals surface area (Å²) in [6.07, 6.45) is 0. The Labute approximate surface area is 105 Å². The Morgan fingerprint density at radius 2 is 1.94 bits per heavy atom. The van der Waals surface area contributed by atoms with Crippen LogP contribution < -0.4 is 10.2 Å². The molecule has 3 nitrogen and oxygen atoms in total. The molecule has 1 fully saturated rings. The van der Waals surface area contributed by atoms with Crippen LogP contribution in [0, 0.1) is 0 Å². The summed E-state index contributed by atoms with van der Waals surface area (Å²) in [5.74, 6) is 1.04. The number of benzene rings is 1. The van der Waals surface area contributed by atoms with Gasteiger partial charge in [0.25, 0.3) is 0 Å². The van der Waals surface area contributed by atoms with E-state index in [1.54, 1.807) is 0 Å². The van der Waals surface area contributed by atoms with Crippen molar-refractivity contribution < 1.29 is 0 Å². The zero-order valence-electron chi connectivity index (χ0n) is 9.49. The van der Waals surface area contributed by atoms with Gasteiger partial charge in [-0.1, -0.05) is 17.7 Å². The van der Waals surface area contributed by atoms with Crippen molar-refractivity contribution in [1.82, 2.24) is 10.3 Å². The molecule has 1 aliphatic heterocycles. The van der Waals surface area contributed by atoms with E-state index < -0.39 is 0 Å². The summed E-state index contributed by atoms with van der Waals surface area (Å²) in [7, 11) is 0. The molecule has 2 heterocycles. The number of fused-ring (bicyclic) bond motifs is 1. The molecular weight excluding hydrogens is 234 g/mol. The Balaban J connectivity index is 2.01. The summed E-state index contributed by atoms with van der Waals surface area (Å²) in [5.41, 5.74) is 0.966. The molecule has 4 heteroatoms. The van der Waals surface area contributed by atoms with E-state index in [2.05, 4.69) is 27.3 Å². The number of hydrogen-bond acceptors (Lipinski definition) is 3. The summed E-state index contributed by atoms with van der Waals surface area (Å²) in [6.45, 7) is 4.07. The van der Waals surface area contributed by atoms with Gasteiger partial charge in [0.2, 0.25) is 0 Å². The number of nitrogens with one attached hydrogen (secondary N) is 1. The molecule has 1 saturated heterocycles. The first-order valence-corrected chi connectivity index (χ1v) is 6.23. The first-order valence-electron chi connectivity index (χ1n) is 5.85. The monoisotopic (exact) mass is 247 g/mol. The Bertz CT molecular complexity index is 535. The minimum absolute atomic E-state index is 0.766. The van der Waals surface area contributed by atoms with E-state index in [-0.39, 0.29) is 0 Å². The Morgan fingerprint density at radius 3 is 2.76 bits per heavy atom.